The molecule has 0 heterocycles. The second kappa shape index (κ2) is 6.75. The number of hydrogen-bond donors (Lipinski definition) is 2. The van der Waals surface area contributed by atoms with Crippen LogP contribution < -0.4 is 11.5 Å². The van der Waals surface area contributed by atoms with E-state index in [1.54, 1.807) is 18.2 Å². The van der Waals surface area contributed by atoms with Gasteiger partial charge in [0.25, 0.3) is 0 Å². The van der Waals surface area contributed by atoms with Gasteiger partial charge in [-0.3, -0.25) is 4.99 Å². The second-order valence-electron chi connectivity index (χ2n) is 4.23. The minimum Gasteiger partial charge on any atom is -0.398 e. The Labute approximate surface area is 128 Å². The van der Waals surface area contributed by atoms with E-state index in [-0.39, 0.29) is 0 Å². The van der Waals surface area contributed by atoms with E-state index in [2.05, 4.69) is 4.99 Å². The number of anilines is 1. The summed E-state index contributed by atoms with van der Waals surface area (Å²) >= 11 is 12.3. The maximum Gasteiger partial charge on any atom is 0.0755 e. The Bertz CT molecular complexity index is 639. The van der Waals surface area contributed by atoms with Gasteiger partial charge in [-0.15, -0.1) is 0 Å². The molecule has 0 atom stereocenters. The molecule has 2 rings (SSSR count). The molecule has 2 aromatic carbocycles. The van der Waals surface area contributed by atoms with Gasteiger partial charge in [0.1, 0.15) is 0 Å². The normalized spacial score (nSPS) is 11.7. The fourth-order valence-electron chi connectivity index (χ4n) is 1.88. The molecule has 104 valence electrons. The lowest BCUT2D eigenvalue weighted by atomic mass is 10.0. The third kappa shape index (κ3) is 3.31. The Morgan fingerprint density at radius 1 is 1.05 bits per heavy atom. The molecule has 0 spiro atoms. The second-order valence-corrected chi connectivity index (χ2v) is 5.07. The summed E-state index contributed by atoms with van der Waals surface area (Å²) in [6, 6.07) is 12.8. The van der Waals surface area contributed by atoms with Crippen LogP contribution in [0.2, 0.25) is 10.0 Å². The van der Waals surface area contributed by atoms with Gasteiger partial charge in [-0.25, -0.2) is 0 Å². The Hall–Kier alpha value is -1.55. The topological polar surface area (TPSA) is 64.4 Å². The summed E-state index contributed by atoms with van der Waals surface area (Å²) in [7, 11) is 0. The minimum atomic E-state index is 0.453. The van der Waals surface area contributed by atoms with Gasteiger partial charge < -0.3 is 11.5 Å². The van der Waals surface area contributed by atoms with Crippen molar-refractivity contribution in [3.8, 4) is 0 Å². The van der Waals surface area contributed by atoms with Gasteiger partial charge in [0.15, 0.2) is 0 Å². The molecular weight excluding hydrogens is 293 g/mol. The summed E-state index contributed by atoms with van der Waals surface area (Å²) in [6.07, 6.45) is 0. The first-order valence-electron chi connectivity index (χ1n) is 6.18. The van der Waals surface area contributed by atoms with Gasteiger partial charge in [0.2, 0.25) is 0 Å². The van der Waals surface area contributed by atoms with E-state index in [0.29, 0.717) is 34.5 Å². The molecule has 5 heteroatoms. The van der Waals surface area contributed by atoms with Crippen LogP contribution in [0, 0.1) is 0 Å². The molecule has 0 aliphatic carbocycles. The Kier molecular flexibility index (Phi) is 5.01. The van der Waals surface area contributed by atoms with Crippen molar-refractivity contribution in [2.24, 2.45) is 10.7 Å². The fourth-order valence-corrected chi connectivity index (χ4v) is 2.28. The molecule has 0 aliphatic rings. The largest absolute Gasteiger partial charge is 0.398 e. The first-order chi connectivity index (χ1) is 9.63. The van der Waals surface area contributed by atoms with Gasteiger partial charge >= 0.3 is 0 Å². The van der Waals surface area contributed by atoms with Crippen LogP contribution in [0.5, 0.6) is 0 Å². The van der Waals surface area contributed by atoms with E-state index in [0.717, 1.165) is 11.1 Å². The van der Waals surface area contributed by atoms with Crippen molar-refractivity contribution in [2.75, 3.05) is 18.8 Å². The van der Waals surface area contributed by atoms with Crippen molar-refractivity contribution < 1.29 is 0 Å². The lowest BCUT2D eigenvalue weighted by molar-refractivity contribution is 0.976. The highest BCUT2D eigenvalue weighted by Gasteiger charge is 2.13. The zero-order chi connectivity index (χ0) is 14.5. The molecule has 0 fully saturated rings. The van der Waals surface area contributed by atoms with E-state index in [4.69, 9.17) is 34.7 Å². The summed E-state index contributed by atoms with van der Waals surface area (Å²) in [6.45, 7) is 0.945. The highest BCUT2D eigenvalue weighted by Crippen LogP contribution is 2.25. The van der Waals surface area contributed by atoms with Crippen LogP contribution in [-0.2, 0) is 0 Å². The standard InChI is InChI=1S/C15H15Cl2N3/c16-10-5-6-14(19)12(9-10)15(20-8-7-18)11-3-1-2-4-13(11)17/h1-6,9H,7-8,18-19H2. The van der Waals surface area contributed by atoms with Gasteiger partial charge in [-0.05, 0) is 24.3 Å². The quantitative estimate of drug-likeness (QED) is 0.672. The molecule has 0 saturated heterocycles. The number of hydrogen-bond acceptors (Lipinski definition) is 3. The maximum absolute atomic E-state index is 6.25. The van der Waals surface area contributed by atoms with E-state index < -0.39 is 0 Å². The summed E-state index contributed by atoms with van der Waals surface area (Å²) in [5.74, 6) is 0. The van der Waals surface area contributed by atoms with Gasteiger partial charge in [0.05, 0.1) is 12.3 Å². The number of aliphatic imine (C=N–C) groups is 1. The Balaban J connectivity index is 2.60. The number of benzene rings is 2. The van der Waals surface area contributed by atoms with Crippen LogP contribution in [0.3, 0.4) is 0 Å². The van der Waals surface area contributed by atoms with Crippen molar-refractivity contribution in [3.05, 3.63) is 63.6 Å². The molecule has 0 bridgehead atoms. The zero-order valence-corrected chi connectivity index (χ0v) is 12.3. The first-order valence-corrected chi connectivity index (χ1v) is 6.94. The van der Waals surface area contributed by atoms with Crippen LogP contribution >= 0.6 is 23.2 Å². The fraction of sp³-hybridized carbons (Fsp3) is 0.133. The zero-order valence-electron chi connectivity index (χ0n) is 10.8. The average Bonchev–Trinajstić information content (AvgIpc) is 2.44. The summed E-state index contributed by atoms with van der Waals surface area (Å²) in [5.41, 5.74) is 14.5. The third-order valence-corrected chi connectivity index (χ3v) is 3.36. The predicted octanol–water partition coefficient (Wildman–Crippen LogP) is 3.37. The first kappa shape index (κ1) is 14.9. The number of halogens is 2. The lowest BCUT2D eigenvalue weighted by Crippen LogP contribution is -2.11. The highest BCUT2D eigenvalue weighted by atomic mass is 35.5. The third-order valence-electron chi connectivity index (χ3n) is 2.80. The van der Waals surface area contributed by atoms with Crippen LogP contribution in [-0.4, -0.2) is 18.8 Å². The number of nitrogens with zero attached hydrogens (tertiary/aromatic N) is 1. The molecule has 0 unspecified atom stereocenters. The summed E-state index contributed by atoms with van der Waals surface area (Å²) < 4.78 is 0. The summed E-state index contributed by atoms with van der Waals surface area (Å²) in [4.78, 5) is 4.51. The molecular formula is C15H15Cl2N3. The molecule has 0 amide bonds. The van der Waals surface area contributed by atoms with Crippen molar-refractivity contribution in [3.63, 3.8) is 0 Å². The van der Waals surface area contributed by atoms with Crippen LogP contribution in [0.4, 0.5) is 5.69 Å². The summed E-state index contributed by atoms with van der Waals surface area (Å²) in [5, 5.41) is 1.21. The van der Waals surface area contributed by atoms with E-state index in [9.17, 15) is 0 Å². The van der Waals surface area contributed by atoms with E-state index in [1.165, 1.54) is 0 Å². The van der Waals surface area contributed by atoms with Crippen molar-refractivity contribution >= 4 is 34.6 Å². The molecule has 20 heavy (non-hydrogen) atoms. The molecule has 4 N–H and O–H groups in total. The number of nitrogen functional groups attached to an aromatic ring is 1. The smallest absolute Gasteiger partial charge is 0.0755 e. The monoisotopic (exact) mass is 307 g/mol. The minimum absolute atomic E-state index is 0.453. The van der Waals surface area contributed by atoms with Crippen LogP contribution in [0.15, 0.2) is 47.5 Å². The van der Waals surface area contributed by atoms with Crippen molar-refractivity contribution in [2.45, 2.75) is 0 Å². The lowest BCUT2D eigenvalue weighted by Gasteiger charge is -2.12. The SMILES string of the molecule is NCCN=C(c1cc(Cl)ccc1N)c1ccccc1Cl. The molecule has 0 saturated carbocycles. The van der Waals surface area contributed by atoms with Crippen LogP contribution in [0.1, 0.15) is 11.1 Å². The average molecular weight is 308 g/mol. The van der Waals surface area contributed by atoms with Gasteiger partial charge in [0, 0.05) is 33.4 Å². The highest BCUT2D eigenvalue weighted by molar-refractivity contribution is 6.36. The van der Waals surface area contributed by atoms with Crippen molar-refractivity contribution in [1.82, 2.24) is 0 Å². The molecule has 3 nitrogen and oxygen atoms in total. The van der Waals surface area contributed by atoms with Crippen LogP contribution in [0.25, 0.3) is 0 Å². The van der Waals surface area contributed by atoms with Gasteiger partial charge in [-0.2, -0.15) is 0 Å². The predicted molar refractivity (Wildman–Crippen MR) is 86.9 cm³/mol. The molecule has 2 aromatic rings. The van der Waals surface area contributed by atoms with Crippen molar-refractivity contribution in [1.29, 1.82) is 0 Å². The number of nitrogens with two attached hydrogens (primary N) is 2. The number of rotatable bonds is 4. The molecule has 0 aromatic heterocycles. The Morgan fingerprint density at radius 2 is 1.80 bits per heavy atom. The molecule has 0 radical (unpaired) electrons. The Morgan fingerprint density at radius 3 is 2.50 bits per heavy atom. The van der Waals surface area contributed by atoms with E-state index in [1.807, 2.05) is 24.3 Å². The van der Waals surface area contributed by atoms with Gasteiger partial charge in [-0.1, -0.05) is 41.4 Å². The molecule has 0 aliphatic heterocycles. The maximum atomic E-state index is 6.25. The van der Waals surface area contributed by atoms with E-state index >= 15 is 0 Å².